The molecule has 1 aliphatic carbocycles. The van der Waals surface area contributed by atoms with Crippen LogP contribution < -0.4 is 0 Å². The second kappa shape index (κ2) is 4.59. The summed E-state index contributed by atoms with van der Waals surface area (Å²) in [5, 5.41) is 8.66. The molecule has 0 aromatic heterocycles. The van der Waals surface area contributed by atoms with E-state index < -0.39 is 0 Å². The first kappa shape index (κ1) is 10.4. The van der Waals surface area contributed by atoms with E-state index in [1.54, 1.807) is 24.3 Å². The summed E-state index contributed by atoms with van der Waals surface area (Å²) in [6.45, 7) is 0. The Balaban J connectivity index is 2.24. The predicted molar refractivity (Wildman–Crippen MR) is 61.9 cm³/mol. The molecule has 0 aliphatic heterocycles. The normalized spacial score (nSPS) is 14.1. The highest BCUT2D eigenvalue weighted by Crippen LogP contribution is 2.15. The molecule has 0 heterocycles. The quantitative estimate of drug-likeness (QED) is 0.702. The van der Waals surface area contributed by atoms with Gasteiger partial charge in [0.1, 0.15) is 0 Å². The Bertz CT molecular complexity index is 501. The Morgan fingerprint density at radius 2 is 1.94 bits per heavy atom. The van der Waals surface area contributed by atoms with Gasteiger partial charge in [0.05, 0.1) is 11.6 Å². The summed E-state index contributed by atoms with van der Waals surface area (Å²) in [5.74, 6) is 0.0282. The highest BCUT2D eigenvalue weighted by Gasteiger charge is 2.10. The van der Waals surface area contributed by atoms with Crippen LogP contribution in [-0.4, -0.2) is 5.78 Å². The SMILES string of the molecule is N#Cc1ccc(C(=O)C2=CCCC=C2)cc1. The predicted octanol–water partition coefficient (Wildman–Crippen LogP) is 3.02. The van der Waals surface area contributed by atoms with Crippen molar-refractivity contribution in [3.63, 3.8) is 0 Å². The van der Waals surface area contributed by atoms with Crippen LogP contribution in [0.25, 0.3) is 0 Å². The molecule has 0 saturated carbocycles. The van der Waals surface area contributed by atoms with Crippen molar-refractivity contribution in [3.05, 3.63) is 59.2 Å². The zero-order valence-corrected chi connectivity index (χ0v) is 8.81. The molecular formula is C14H11NO. The number of allylic oxidation sites excluding steroid dienone is 4. The van der Waals surface area contributed by atoms with Crippen LogP contribution in [0.4, 0.5) is 0 Å². The van der Waals surface area contributed by atoms with Crippen molar-refractivity contribution in [3.8, 4) is 6.07 Å². The van der Waals surface area contributed by atoms with Gasteiger partial charge in [-0.3, -0.25) is 4.79 Å². The molecule has 2 heteroatoms. The molecule has 16 heavy (non-hydrogen) atoms. The molecule has 78 valence electrons. The molecular weight excluding hydrogens is 198 g/mol. The van der Waals surface area contributed by atoms with Crippen LogP contribution in [0, 0.1) is 11.3 Å². The largest absolute Gasteiger partial charge is 0.289 e. The summed E-state index contributed by atoms with van der Waals surface area (Å²) >= 11 is 0. The van der Waals surface area contributed by atoms with Gasteiger partial charge < -0.3 is 0 Å². The van der Waals surface area contributed by atoms with E-state index in [9.17, 15) is 4.79 Å². The van der Waals surface area contributed by atoms with E-state index in [1.807, 2.05) is 24.3 Å². The lowest BCUT2D eigenvalue weighted by Crippen LogP contribution is -2.03. The number of Topliss-reactive ketones (excluding diaryl/α,β-unsaturated/α-hetero) is 1. The van der Waals surface area contributed by atoms with Crippen molar-refractivity contribution >= 4 is 5.78 Å². The summed E-state index contributed by atoms with van der Waals surface area (Å²) < 4.78 is 0. The topological polar surface area (TPSA) is 40.9 Å². The molecule has 1 aromatic rings. The van der Waals surface area contributed by atoms with Gasteiger partial charge in [0.25, 0.3) is 0 Å². The number of carbonyl (C=O) groups excluding carboxylic acids is 1. The number of nitriles is 1. The van der Waals surface area contributed by atoms with E-state index in [4.69, 9.17) is 5.26 Å². The van der Waals surface area contributed by atoms with Gasteiger partial charge >= 0.3 is 0 Å². The summed E-state index contributed by atoms with van der Waals surface area (Å²) in [7, 11) is 0. The van der Waals surface area contributed by atoms with E-state index in [0.717, 1.165) is 18.4 Å². The Morgan fingerprint density at radius 1 is 1.19 bits per heavy atom. The van der Waals surface area contributed by atoms with Gasteiger partial charge in [0.15, 0.2) is 5.78 Å². The van der Waals surface area contributed by atoms with Crippen molar-refractivity contribution in [2.75, 3.05) is 0 Å². The zero-order valence-electron chi connectivity index (χ0n) is 8.81. The minimum Gasteiger partial charge on any atom is -0.289 e. The number of nitrogens with zero attached hydrogens (tertiary/aromatic N) is 1. The molecule has 1 aromatic carbocycles. The average Bonchev–Trinajstić information content (AvgIpc) is 2.39. The molecule has 0 N–H and O–H groups in total. The maximum Gasteiger partial charge on any atom is 0.192 e. The minimum absolute atomic E-state index is 0.0282. The van der Waals surface area contributed by atoms with Crippen molar-refractivity contribution in [2.24, 2.45) is 0 Å². The lowest BCUT2D eigenvalue weighted by molar-refractivity contribution is 0.103. The van der Waals surface area contributed by atoms with Crippen LogP contribution in [-0.2, 0) is 0 Å². The first-order chi connectivity index (χ1) is 7.81. The smallest absolute Gasteiger partial charge is 0.192 e. The lowest BCUT2D eigenvalue weighted by atomic mass is 9.98. The number of benzene rings is 1. The number of rotatable bonds is 2. The van der Waals surface area contributed by atoms with Crippen LogP contribution in [0.5, 0.6) is 0 Å². The van der Waals surface area contributed by atoms with Gasteiger partial charge in [-0.05, 0) is 37.1 Å². The van der Waals surface area contributed by atoms with Crippen LogP contribution in [0.15, 0.2) is 48.1 Å². The first-order valence-corrected chi connectivity index (χ1v) is 5.23. The highest BCUT2D eigenvalue weighted by atomic mass is 16.1. The molecule has 0 spiro atoms. The molecule has 0 radical (unpaired) electrons. The monoisotopic (exact) mass is 209 g/mol. The van der Waals surface area contributed by atoms with Gasteiger partial charge in [-0.2, -0.15) is 5.26 Å². The Labute approximate surface area is 94.5 Å². The summed E-state index contributed by atoms with van der Waals surface area (Å²) in [6.07, 6.45) is 7.76. The van der Waals surface area contributed by atoms with Gasteiger partial charge in [-0.1, -0.05) is 18.2 Å². The molecule has 0 saturated heterocycles. The Hall–Kier alpha value is -2.14. The number of ketones is 1. The van der Waals surface area contributed by atoms with E-state index in [-0.39, 0.29) is 5.78 Å². The fraction of sp³-hybridized carbons (Fsp3) is 0.143. The molecule has 1 aliphatic rings. The maximum atomic E-state index is 12.0. The lowest BCUT2D eigenvalue weighted by Gasteiger charge is -2.05. The van der Waals surface area contributed by atoms with Crippen LogP contribution >= 0.6 is 0 Å². The van der Waals surface area contributed by atoms with Gasteiger partial charge in [-0.25, -0.2) is 0 Å². The second-order valence-electron chi connectivity index (χ2n) is 3.66. The molecule has 0 amide bonds. The molecule has 2 nitrogen and oxygen atoms in total. The van der Waals surface area contributed by atoms with Crippen LogP contribution in [0.2, 0.25) is 0 Å². The third-order valence-corrected chi connectivity index (χ3v) is 2.53. The number of hydrogen-bond acceptors (Lipinski definition) is 2. The van der Waals surface area contributed by atoms with E-state index in [0.29, 0.717) is 11.1 Å². The van der Waals surface area contributed by atoms with Crippen molar-refractivity contribution in [2.45, 2.75) is 12.8 Å². The fourth-order valence-electron chi connectivity index (χ4n) is 1.64. The molecule has 2 rings (SSSR count). The summed E-state index contributed by atoms with van der Waals surface area (Å²) in [4.78, 5) is 12.0. The van der Waals surface area contributed by atoms with Crippen molar-refractivity contribution in [1.82, 2.24) is 0 Å². The first-order valence-electron chi connectivity index (χ1n) is 5.23. The molecule has 0 fully saturated rings. The summed E-state index contributed by atoms with van der Waals surface area (Å²) in [6, 6.07) is 8.76. The molecule has 0 unspecified atom stereocenters. The van der Waals surface area contributed by atoms with Crippen LogP contribution in [0.1, 0.15) is 28.8 Å². The average molecular weight is 209 g/mol. The number of hydrogen-bond donors (Lipinski definition) is 0. The van der Waals surface area contributed by atoms with Gasteiger partial charge in [0, 0.05) is 11.1 Å². The fourth-order valence-corrected chi connectivity index (χ4v) is 1.64. The molecule has 0 bridgehead atoms. The molecule has 0 atom stereocenters. The van der Waals surface area contributed by atoms with E-state index in [1.165, 1.54) is 0 Å². The van der Waals surface area contributed by atoms with E-state index >= 15 is 0 Å². The van der Waals surface area contributed by atoms with E-state index in [2.05, 4.69) is 0 Å². The van der Waals surface area contributed by atoms with Crippen LogP contribution in [0.3, 0.4) is 0 Å². The second-order valence-corrected chi connectivity index (χ2v) is 3.66. The third kappa shape index (κ3) is 2.09. The van der Waals surface area contributed by atoms with Crippen molar-refractivity contribution < 1.29 is 4.79 Å². The highest BCUT2D eigenvalue weighted by molar-refractivity contribution is 6.10. The van der Waals surface area contributed by atoms with Crippen molar-refractivity contribution in [1.29, 1.82) is 5.26 Å². The van der Waals surface area contributed by atoms with Gasteiger partial charge in [0.2, 0.25) is 0 Å². The minimum atomic E-state index is 0.0282. The Morgan fingerprint density at radius 3 is 2.50 bits per heavy atom. The maximum absolute atomic E-state index is 12.0. The standard InChI is InChI=1S/C14H11NO/c15-10-11-6-8-13(9-7-11)14(16)12-4-2-1-3-5-12/h2,4-9H,1,3H2. The van der Waals surface area contributed by atoms with Gasteiger partial charge in [-0.15, -0.1) is 0 Å². The zero-order chi connectivity index (χ0) is 11.4. The third-order valence-electron chi connectivity index (χ3n) is 2.53. The summed E-state index contributed by atoms with van der Waals surface area (Å²) in [5.41, 5.74) is 1.96. The number of carbonyl (C=O) groups is 1. The Kier molecular flexibility index (Phi) is 2.98.